The molecule has 1 aliphatic heterocycles. The van der Waals surface area contributed by atoms with Gasteiger partial charge in [0.1, 0.15) is 11.9 Å². The van der Waals surface area contributed by atoms with E-state index < -0.39 is 16.1 Å². The predicted molar refractivity (Wildman–Crippen MR) is 158 cm³/mol. The van der Waals surface area contributed by atoms with Crippen LogP contribution in [0.15, 0.2) is 83.8 Å². The summed E-state index contributed by atoms with van der Waals surface area (Å²) in [5.74, 6) is -0.897. The van der Waals surface area contributed by atoms with Crippen LogP contribution in [0.2, 0.25) is 0 Å². The van der Waals surface area contributed by atoms with Gasteiger partial charge >= 0.3 is 0 Å². The molecule has 1 aliphatic rings. The second kappa shape index (κ2) is 15.0. The summed E-state index contributed by atoms with van der Waals surface area (Å²) in [4.78, 5) is 29.2. The average Bonchev–Trinajstić information content (AvgIpc) is 3.52. The molecule has 0 unspecified atom stereocenters. The number of nitrogens with zero attached hydrogens (tertiary/aromatic N) is 1. The molecule has 2 N–H and O–H groups in total. The first-order chi connectivity index (χ1) is 20.2. The number of nitrogens with one attached hydrogen (secondary N) is 2. The lowest BCUT2D eigenvalue weighted by Gasteiger charge is -2.32. The fourth-order valence-corrected chi connectivity index (χ4v) is 6.02. The molecule has 1 heterocycles. The molecule has 3 aromatic carbocycles. The molecular formula is C32H38FN3O5S. The zero-order chi connectivity index (χ0) is 30.0. The van der Waals surface area contributed by atoms with Crippen LogP contribution in [0.4, 0.5) is 4.39 Å². The number of aryl methyl sites for hydroxylation is 1. The van der Waals surface area contributed by atoms with Gasteiger partial charge in [-0.1, -0.05) is 61.5 Å². The van der Waals surface area contributed by atoms with Crippen LogP contribution < -0.4 is 10.0 Å². The van der Waals surface area contributed by atoms with Gasteiger partial charge in [-0.2, -0.15) is 0 Å². The molecule has 4 rings (SSSR count). The molecule has 0 bridgehead atoms. The maximum absolute atomic E-state index is 13.8. The first-order valence-corrected chi connectivity index (χ1v) is 15.8. The quantitative estimate of drug-likeness (QED) is 0.293. The Morgan fingerprint density at radius 2 is 1.67 bits per heavy atom. The van der Waals surface area contributed by atoms with E-state index in [0.29, 0.717) is 31.6 Å². The predicted octanol–water partition coefficient (Wildman–Crippen LogP) is 3.99. The van der Waals surface area contributed by atoms with E-state index in [-0.39, 0.29) is 48.1 Å². The zero-order valence-electron chi connectivity index (χ0n) is 23.8. The van der Waals surface area contributed by atoms with Crippen molar-refractivity contribution in [1.29, 1.82) is 0 Å². The molecule has 8 nitrogen and oxygen atoms in total. The van der Waals surface area contributed by atoms with Gasteiger partial charge in [0.05, 0.1) is 11.0 Å². The van der Waals surface area contributed by atoms with Crippen molar-refractivity contribution in [1.82, 2.24) is 14.9 Å². The molecule has 42 heavy (non-hydrogen) atoms. The van der Waals surface area contributed by atoms with Crippen LogP contribution in [0.5, 0.6) is 0 Å². The Hall–Kier alpha value is -3.60. The van der Waals surface area contributed by atoms with E-state index in [9.17, 15) is 22.4 Å². The van der Waals surface area contributed by atoms with Gasteiger partial charge in [0.15, 0.2) is 0 Å². The normalized spacial score (nSPS) is 15.7. The van der Waals surface area contributed by atoms with E-state index in [0.717, 1.165) is 24.0 Å². The third-order valence-electron chi connectivity index (χ3n) is 7.26. The van der Waals surface area contributed by atoms with Gasteiger partial charge in [0.2, 0.25) is 21.8 Å². The fourth-order valence-electron chi connectivity index (χ4n) is 4.98. The smallest absolute Gasteiger partial charge is 0.243 e. The van der Waals surface area contributed by atoms with E-state index in [1.54, 1.807) is 36.1 Å². The molecule has 0 spiro atoms. The van der Waals surface area contributed by atoms with Crippen molar-refractivity contribution in [3.63, 3.8) is 0 Å². The molecule has 0 aromatic heterocycles. The number of amides is 2. The first-order valence-electron chi connectivity index (χ1n) is 14.3. The Kier molecular flexibility index (Phi) is 11.2. The van der Waals surface area contributed by atoms with Crippen LogP contribution in [0.1, 0.15) is 42.9 Å². The molecule has 2 atom stereocenters. The highest BCUT2D eigenvalue weighted by Crippen LogP contribution is 2.19. The number of rotatable bonds is 14. The molecule has 224 valence electrons. The molecule has 1 fully saturated rings. The largest absolute Gasteiger partial charge is 0.376 e. The molecular weight excluding hydrogens is 557 g/mol. The fraction of sp³-hybridized carbons (Fsp3) is 0.375. The topological polar surface area (TPSA) is 105 Å². The number of carbonyl (C=O) groups excluding carboxylic acids is 2. The van der Waals surface area contributed by atoms with Gasteiger partial charge in [0, 0.05) is 39.1 Å². The Labute approximate surface area is 247 Å². The molecule has 1 saturated heterocycles. The average molecular weight is 596 g/mol. The van der Waals surface area contributed by atoms with Gasteiger partial charge in [-0.3, -0.25) is 9.59 Å². The number of carbonyl (C=O) groups is 2. The molecule has 0 aliphatic carbocycles. The Balaban J connectivity index is 1.55. The minimum Gasteiger partial charge on any atom is -0.376 e. The summed E-state index contributed by atoms with van der Waals surface area (Å²) in [7, 11) is -3.58. The highest BCUT2D eigenvalue weighted by Gasteiger charge is 2.31. The van der Waals surface area contributed by atoms with Gasteiger partial charge in [-0.15, -0.1) is 0 Å². The van der Waals surface area contributed by atoms with Crippen LogP contribution >= 0.6 is 0 Å². The molecule has 2 amide bonds. The summed E-state index contributed by atoms with van der Waals surface area (Å²) in [6, 6.07) is 21.0. The van der Waals surface area contributed by atoms with E-state index in [2.05, 4.69) is 10.0 Å². The second-order valence-corrected chi connectivity index (χ2v) is 12.1. The number of hydrogen-bond acceptors (Lipinski definition) is 5. The number of ether oxygens (including phenoxy) is 1. The second-order valence-electron chi connectivity index (χ2n) is 10.4. The van der Waals surface area contributed by atoms with Crippen molar-refractivity contribution in [3.8, 4) is 0 Å². The SMILES string of the molecule is CCNS(=O)(=O)c1ccc(CCC(=O)N(Cc2ccc(F)cc2)[C@H](Cc2ccccc2)C(=O)NC[C@@H]2CCCO2)cc1. The van der Waals surface area contributed by atoms with E-state index >= 15 is 0 Å². The summed E-state index contributed by atoms with van der Waals surface area (Å²) in [5, 5.41) is 3.00. The third kappa shape index (κ3) is 8.95. The summed E-state index contributed by atoms with van der Waals surface area (Å²) < 4.78 is 46.4. The molecule has 0 radical (unpaired) electrons. The summed E-state index contributed by atoms with van der Waals surface area (Å²) in [6.07, 6.45) is 2.54. The van der Waals surface area contributed by atoms with Crippen LogP contribution in [0, 0.1) is 5.82 Å². The van der Waals surface area contributed by atoms with Crippen molar-refractivity contribution in [2.75, 3.05) is 19.7 Å². The summed E-state index contributed by atoms with van der Waals surface area (Å²) in [5.41, 5.74) is 2.40. The van der Waals surface area contributed by atoms with Gasteiger partial charge in [0.25, 0.3) is 0 Å². The summed E-state index contributed by atoms with van der Waals surface area (Å²) >= 11 is 0. The number of benzene rings is 3. The Morgan fingerprint density at radius 3 is 2.31 bits per heavy atom. The van der Waals surface area contributed by atoms with Crippen molar-refractivity contribution in [2.45, 2.75) is 62.6 Å². The minimum atomic E-state index is -3.58. The van der Waals surface area contributed by atoms with Crippen LogP contribution in [-0.2, 0) is 43.7 Å². The highest BCUT2D eigenvalue weighted by atomic mass is 32.2. The third-order valence-corrected chi connectivity index (χ3v) is 8.82. The minimum absolute atomic E-state index is 0.0492. The summed E-state index contributed by atoms with van der Waals surface area (Å²) in [6.45, 7) is 3.16. The van der Waals surface area contributed by atoms with Gasteiger partial charge in [-0.05, 0) is 60.2 Å². The molecule has 3 aromatic rings. The maximum atomic E-state index is 13.8. The van der Waals surface area contributed by atoms with Crippen molar-refractivity contribution in [2.24, 2.45) is 0 Å². The number of halogens is 1. The molecule has 10 heteroatoms. The lowest BCUT2D eigenvalue weighted by molar-refractivity contribution is -0.141. The zero-order valence-corrected chi connectivity index (χ0v) is 24.6. The van der Waals surface area contributed by atoms with E-state index in [1.807, 2.05) is 30.3 Å². The lowest BCUT2D eigenvalue weighted by Crippen LogP contribution is -2.51. The van der Waals surface area contributed by atoms with E-state index in [4.69, 9.17) is 4.74 Å². The van der Waals surface area contributed by atoms with Crippen LogP contribution in [0.3, 0.4) is 0 Å². The standard InChI is InChI=1S/C32H38FN3O5S/c1-2-35-42(39,40)29-17-12-24(13-18-29)14-19-31(37)36(23-26-10-15-27(33)16-11-26)30(21-25-7-4-3-5-8-25)32(38)34-22-28-9-6-20-41-28/h3-5,7-8,10-13,15-18,28,30,35H,2,6,9,14,19-23H2,1H3,(H,34,38)/t28-,30+/m0/s1. The lowest BCUT2D eigenvalue weighted by atomic mass is 10.0. The highest BCUT2D eigenvalue weighted by molar-refractivity contribution is 7.89. The number of hydrogen-bond donors (Lipinski definition) is 2. The van der Waals surface area contributed by atoms with Crippen molar-refractivity contribution in [3.05, 3.63) is 101 Å². The monoisotopic (exact) mass is 595 g/mol. The van der Waals surface area contributed by atoms with E-state index in [1.165, 1.54) is 24.3 Å². The van der Waals surface area contributed by atoms with Gasteiger partial charge < -0.3 is 15.0 Å². The first kappa shape index (κ1) is 31.3. The number of sulfonamides is 1. The van der Waals surface area contributed by atoms with Gasteiger partial charge in [-0.25, -0.2) is 17.5 Å². The van der Waals surface area contributed by atoms with Crippen molar-refractivity contribution >= 4 is 21.8 Å². The maximum Gasteiger partial charge on any atom is 0.243 e. The van der Waals surface area contributed by atoms with Crippen molar-refractivity contribution < 1.29 is 27.1 Å². The Bertz CT molecular complexity index is 1410. The Morgan fingerprint density at radius 1 is 0.976 bits per heavy atom. The van der Waals surface area contributed by atoms with Crippen LogP contribution in [-0.4, -0.2) is 57.0 Å². The van der Waals surface area contributed by atoms with Crippen LogP contribution in [0.25, 0.3) is 0 Å². The molecule has 0 saturated carbocycles.